The molecule has 2 rings (SSSR count). The van der Waals surface area contributed by atoms with Crippen LogP contribution in [0.5, 0.6) is 17.2 Å². The number of hydrogen-bond donors (Lipinski definition) is 0. The molecule has 0 unspecified atom stereocenters. The van der Waals surface area contributed by atoms with Crippen molar-refractivity contribution < 1.29 is 28.5 Å². The van der Waals surface area contributed by atoms with E-state index < -0.39 is 11.9 Å². The van der Waals surface area contributed by atoms with Crippen LogP contribution in [0.2, 0.25) is 0 Å². The van der Waals surface area contributed by atoms with Crippen LogP contribution >= 0.6 is 0 Å². The monoisotopic (exact) mass is 381 g/mol. The van der Waals surface area contributed by atoms with Crippen LogP contribution in [0, 0.1) is 11.3 Å². The van der Waals surface area contributed by atoms with Crippen molar-refractivity contribution in [1.82, 2.24) is 0 Å². The van der Waals surface area contributed by atoms with Gasteiger partial charge in [-0.3, -0.25) is 0 Å². The van der Waals surface area contributed by atoms with Crippen molar-refractivity contribution in [3.8, 4) is 23.3 Å². The van der Waals surface area contributed by atoms with E-state index in [1.807, 2.05) is 0 Å². The van der Waals surface area contributed by atoms with Crippen LogP contribution < -0.4 is 14.2 Å². The maximum absolute atomic E-state index is 12.0. The van der Waals surface area contributed by atoms with Gasteiger partial charge in [0.25, 0.3) is 0 Å². The Balaban J connectivity index is 1.98. The second-order valence-electron chi connectivity index (χ2n) is 5.40. The van der Waals surface area contributed by atoms with E-state index in [1.54, 1.807) is 62.6 Å². The van der Waals surface area contributed by atoms with Gasteiger partial charge in [-0.1, -0.05) is 12.1 Å². The summed E-state index contributed by atoms with van der Waals surface area (Å²) in [6.45, 7) is 1.54. The molecular weight excluding hydrogens is 362 g/mol. The summed E-state index contributed by atoms with van der Waals surface area (Å²) in [5.41, 5.74) is 0.374. The zero-order valence-corrected chi connectivity index (χ0v) is 15.5. The van der Waals surface area contributed by atoms with E-state index in [9.17, 15) is 9.59 Å². The Bertz CT molecular complexity index is 896. The number of rotatable bonds is 8. The predicted octanol–water partition coefficient (Wildman–Crippen LogP) is 3.15. The molecule has 0 saturated carbocycles. The third kappa shape index (κ3) is 6.18. The van der Waals surface area contributed by atoms with E-state index >= 15 is 0 Å². The molecule has 2 aromatic rings. The molecule has 0 amide bonds. The van der Waals surface area contributed by atoms with Crippen molar-refractivity contribution in [3.05, 3.63) is 59.7 Å². The van der Waals surface area contributed by atoms with Gasteiger partial charge in [-0.15, -0.1) is 0 Å². The molecule has 2 aromatic carbocycles. The number of benzene rings is 2. The molecule has 0 N–H and O–H groups in total. The van der Waals surface area contributed by atoms with Gasteiger partial charge in [0.15, 0.2) is 6.61 Å². The number of nitriles is 1. The minimum Gasteiger partial charge on any atom is -0.497 e. The van der Waals surface area contributed by atoms with Crippen molar-refractivity contribution in [2.24, 2.45) is 0 Å². The predicted molar refractivity (Wildman–Crippen MR) is 101 cm³/mol. The first-order valence-corrected chi connectivity index (χ1v) is 8.42. The second kappa shape index (κ2) is 10.4. The Morgan fingerprint density at radius 1 is 1.07 bits per heavy atom. The molecule has 0 aliphatic heterocycles. The largest absolute Gasteiger partial charge is 0.497 e. The second-order valence-corrected chi connectivity index (χ2v) is 5.40. The number of methoxy groups -OCH3 is 1. The summed E-state index contributed by atoms with van der Waals surface area (Å²) in [6.07, 6.45) is 1.36. The Kier molecular flexibility index (Phi) is 7.61. The summed E-state index contributed by atoms with van der Waals surface area (Å²) >= 11 is 0. The fourth-order valence-electron chi connectivity index (χ4n) is 2.16. The highest BCUT2D eigenvalue weighted by Gasteiger charge is 2.11. The standard InChI is InChI=1S/C21H19NO6/c1-3-26-21(24)16(13-22)11-15-5-4-6-19(12-15)28-20(23)14-27-18-9-7-17(25-2)8-10-18/h4-12H,3,14H2,1-2H3/b16-11+. The molecule has 7 heteroatoms. The number of esters is 2. The molecule has 0 atom stereocenters. The minimum absolute atomic E-state index is 0.145. The van der Waals surface area contributed by atoms with Crippen molar-refractivity contribution in [1.29, 1.82) is 5.26 Å². The summed E-state index contributed by atoms with van der Waals surface area (Å²) in [5.74, 6) is 0.142. The molecule has 0 spiro atoms. The number of nitrogens with zero attached hydrogens (tertiary/aromatic N) is 1. The van der Waals surface area contributed by atoms with E-state index in [1.165, 1.54) is 12.1 Å². The van der Waals surface area contributed by atoms with Gasteiger partial charge in [0.05, 0.1) is 13.7 Å². The Hall–Kier alpha value is -3.79. The molecule has 0 fully saturated rings. The van der Waals surface area contributed by atoms with Crippen LogP contribution in [-0.2, 0) is 14.3 Å². The van der Waals surface area contributed by atoms with Crippen LogP contribution in [0.4, 0.5) is 0 Å². The van der Waals surface area contributed by atoms with E-state index in [2.05, 4.69) is 0 Å². The third-order valence-corrected chi connectivity index (χ3v) is 3.43. The van der Waals surface area contributed by atoms with E-state index in [-0.39, 0.29) is 24.5 Å². The molecule has 0 aliphatic rings. The van der Waals surface area contributed by atoms with Crippen molar-refractivity contribution in [2.75, 3.05) is 20.3 Å². The SMILES string of the molecule is CCOC(=O)/C(C#N)=C/c1cccc(OC(=O)COc2ccc(OC)cc2)c1. The zero-order chi connectivity index (χ0) is 20.4. The topological polar surface area (TPSA) is 94.9 Å². The highest BCUT2D eigenvalue weighted by atomic mass is 16.6. The van der Waals surface area contributed by atoms with Gasteiger partial charge >= 0.3 is 11.9 Å². The van der Waals surface area contributed by atoms with Crippen LogP contribution in [-0.4, -0.2) is 32.3 Å². The average molecular weight is 381 g/mol. The number of carbonyl (C=O) groups excluding carboxylic acids is 2. The molecule has 0 bridgehead atoms. The third-order valence-electron chi connectivity index (χ3n) is 3.43. The summed E-state index contributed by atoms with van der Waals surface area (Å²) in [4.78, 5) is 23.7. The first-order valence-electron chi connectivity index (χ1n) is 8.42. The van der Waals surface area contributed by atoms with Gasteiger partial charge < -0.3 is 18.9 Å². The van der Waals surface area contributed by atoms with E-state index in [0.29, 0.717) is 17.1 Å². The van der Waals surface area contributed by atoms with Crippen molar-refractivity contribution >= 4 is 18.0 Å². The molecular formula is C21H19NO6. The molecule has 7 nitrogen and oxygen atoms in total. The van der Waals surface area contributed by atoms with Gasteiger partial charge in [0, 0.05) is 0 Å². The highest BCUT2D eigenvalue weighted by molar-refractivity contribution is 5.97. The molecule has 0 aromatic heterocycles. The van der Waals surface area contributed by atoms with Gasteiger partial charge in [0.2, 0.25) is 0 Å². The first-order chi connectivity index (χ1) is 13.5. The molecule has 0 saturated heterocycles. The maximum Gasteiger partial charge on any atom is 0.349 e. The van der Waals surface area contributed by atoms with Crippen LogP contribution in [0.15, 0.2) is 54.1 Å². The quantitative estimate of drug-likeness (QED) is 0.300. The number of hydrogen-bond acceptors (Lipinski definition) is 7. The molecule has 0 aliphatic carbocycles. The van der Waals surface area contributed by atoms with Gasteiger partial charge in [-0.2, -0.15) is 5.26 Å². The zero-order valence-electron chi connectivity index (χ0n) is 15.5. The molecule has 0 heterocycles. The van der Waals surface area contributed by atoms with Gasteiger partial charge in [-0.25, -0.2) is 9.59 Å². The summed E-state index contributed by atoms with van der Waals surface area (Å²) < 4.78 is 20.5. The highest BCUT2D eigenvalue weighted by Crippen LogP contribution is 2.18. The Morgan fingerprint density at radius 3 is 2.43 bits per heavy atom. The first kappa shape index (κ1) is 20.5. The summed E-state index contributed by atoms with van der Waals surface area (Å²) in [5, 5.41) is 9.08. The van der Waals surface area contributed by atoms with E-state index in [4.69, 9.17) is 24.2 Å². The number of ether oxygens (including phenoxy) is 4. The summed E-state index contributed by atoms with van der Waals surface area (Å²) in [6, 6.07) is 15.0. The molecule has 0 radical (unpaired) electrons. The lowest BCUT2D eigenvalue weighted by molar-refractivity contribution is -0.138. The minimum atomic E-state index is -0.708. The fourth-order valence-corrected chi connectivity index (χ4v) is 2.16. The van der Waals surface area contributed by atoms with Gasteiger partial charge in [0.1, 0.15) is 28.9 Å². The fraction of sp³-hybridized carbons (Fsp3) is 0.190. The Labute approximate surface area is 162 Å². The maximum atomic E-state index is 12.0. The molecule has 28 heavy (non-hydrogen) atoms. The smallest absolute Gasteiger partial charge is 0.349 e. The lowest BCUT2D eigenvalue weighted by Gasteiger charge is -2.08. The van der Waals surface area contributed by atoms with Crippen molar-refractivity contribution in [3.63, 3.8) is 0 Å². The average Bonchev–Trinajstić information content (AvgIpc) is 2.71. The lowest BCUT2D eigenvalue weighted by Crippen LogP contribution is -2.17. The Morgan fingerprint density at radius 2 is 1.79 bits per heavy atom. The molecule has 144 valence electrons. The normalized spacial score (nSPS) is 10.5. The number of carbonyl (C=O) groups is 2. The van der Waals surface area contributed by atoms with Crippen molar-refractivity contribution in [2.45, 2.75) is 6.92 Å². The van der Waals surface area contributed by atoms with E-state index in [0.717, 1.165) is 0 Å². The van der Waals surface area contributed by atoms with Crippen LogP contribution in [0.1, 0.15) is 12.5 Å². The lowest BCUT2D eigenvalue weighted by atomic mass is 10.1. The van der Waals surface area contributed by atoms with Crippen LogP contribution in [0.25, 0.3) is 6.08 Å². The van der Waals surface area contributed by atoms with Gasteiger partial charge in [-0.05, 0) is 55.0 Å². The van der Waals surface area contributed by atoms with Crippen LogP contribution in [0.3, 0.4) is 0 Å². The summed E-state index contributed by atoms with van der Waals surface area (Å²) in [7, 11) is 1.56.